The fourth-order valence-corrected chi connectivity index (χ4v) is 5.45. The molecule has 7 nitrogen and oxygen atoms in total. The van der Waals surface area contributed by atoms with Gasteiger partial charge in [-0.3, -0.25) is 14.5 Å². The smallest absolute Gasteiger partial charge is 0.263 e. The van der Waals surface area contributed by atoms with Crippen molar-refractivity contribution in [3.05, 3.63) is 73.1 Å². The van der Waals surface area contributed by atoms with Crippen LogP contribution in [0.25, 0.3) is 10.2 Å². The minimum Gasteiger partial charge on any atom is -0.325 e. The van der Waals surface area contributed by atoms with Gasteiger partial charge >= 0.3 is 0 Å². The monoisotopic (exact) mass is 456 g/mol. The number of thiazole rings is 1. The molecular formula is C20H16N4O3S3. The molecule has 0 bridgehead atoms. The molecule has 152 valence electrons. The number of carbonyl (C=O) groups excluding carboxylic acids is 1. The van der Waals surface area contributed by atoms with Crippen LogP contribution in [-0.4, -0.2) is 30.0 Å². The average Bonchev–Trinajstić information content (AvgIpc) is 3.14. The molecule has 10 heteroatoms. The van der Waals surface area contributed by atoms with Crippen molar-refractivity contribution in [2.45, 2.75) is 9.79 Å². The van der Waals surface area contributed by atoms with Gasteiger partial charge in [0.1, 0.15) is 0 Å². The van der Waals surface area contributed by atoms with E-state index in [2.05, 4.69) is 20.0 Å². The summed E-state index contributed by atoms with van der Waals surface area (Å²) in [5.74, 6) is 0.137. The van der Waals surface area contributed by atoms with E-state index in [9.17, 15) is 13.2 Å². The lowest BCUT2D eigenvalue weighted by Gasteiger charge is -2.05. The lowest BCUT2D eigenvalue weighted by Crippen LogP contribution is -2.13. The van der Waals surface area contributed by atoms with E-state index >= 15 is 0 Å². The second kappa shape index (κ2) is 8.82. The first-order valence-electron chi connectivity index (χ1n) is 8.81. The molecule has 0 fully saturated rings. The molecule has 2 aromatic heterocycles. The molecule has 2 aromatic carbocycles. The van der Waals surface area contributed by atoms with Crippen molar-refractivity contribution in [3.63, 3.8) is 0 Å². The summed E-state index contributed by atoms with van der Waals surface area (Å²) in [5.41, 5.74) is 1.28. The fourth-order valence-electron chi connectivity index (χ4n) is 2.60. The summed E-state index contributed by atoms with van der Waals surface area (Å²) in [6.45, 7) is 0. The summed E-state index contributed by atoms with van der Waals surface area (Å²) in [4.78, 5) is 21.6. The van der Waals surface area contributed by atoms with Gasteiger partial charge in [0, 0.05) is 23.0 Å². The van der Waals surface area contributed by atoms with Crippen molar-refractivity contribution < 1.29 is 13.2 Å². The first-order valence-corrected chi connectivity index (χ1v) is 12.1. The average molecular weight is 457 g/mol. The number of hydrogen-bond acceptors (Lipinski definition) is 7. The van der Waals surface area contributed by atoms with Gasteiger partial charge in [0.05, 0.1) is 20.9 Å². The molecule has 0 saturated carbocycles. The number of nitrogens with one attached hydrogen (secondary N) is 2. The molecule has 0 aliphatic heterocycles. The minimum absolute atomic E-state index is 0.134. The standard InChI is InChI=1S/C20H16N4O3S3/c25-19(13-28-15-8-10-21-11-9-15)22-14-6-7-17-18(12-14)29-20(23-17)24-30(26,27)16-4-2-1-3-5-16/h1-12H,13H2,(H,22,25)(H,23,24). The Morgan fingerprint density at radius 1 is 1.03 bits per heavy atom. The summed E-state index contributed by atoms with van der Waals surface area (Å²) >= 11 is 2.63. The lowest BCUT2D eigenvalue weighted by molar-refractivity contribution is -0.113. The van der Waals surface area contributed by atoms with Crippen LogP contribution in [-0.2, 0) is 14.8 Å². The van der Waals surface area contributed by atoms with Crippen molar-refractivity contribution in [3.8, 4) is 0 Å². The van der Waals surface area contributed by atoms with Gasteiger partial charge in [-0.05, 0) is 42.5 Å². The van der Waals surface area contributed by atoms with E-state index in [1.807, 2.05) is 12.1 Å². The molecule has 2 heterocycles. The molecular weight excluding hydrogens is 440 g/mol. The van der Waals surface area contributed by atoms with Gasteiger partial charge in [0.15, 0.2) is 5.13 Å². The van der Waals surface area contributed by atoms with Crippen molar-refractivity contribution >= 4 is 60.1 Å². The highest BCUT2D eigenvalue weighted by atomic mass is 32.2. The molecule has 0 saturated heterocycles. The molecule has 0 aliphatic carbocycles. The van der Waals surface area contributed by atoms with Gasteiger partial charge in [-0.25, -0.2) is 13.4 Å². The Balaban J connectivity index is 1.44. The number of sulfonamides is 1. The van der Waals surface area contributed by atoms with Crippen molar-refractivity contribution in [2.75, 3.05) is 15.8 Å². The molecule has 4 aromatic rings. The van der Waals surface area contributed by atoms with Crippen LogP contribution in [0.1, 0.15) is 0 Å². The van der Waals surface area contributed by atoms with Crippen LogP contribution in [0.2, 0.25) is 0 Å². The van der Waals surface area contributed by atoms with E-state index in [-0.39, 0.29) is 21.7 Å². The van der Waals surface area contributed by atoms with Crippen LogP contribution in [0.4, 0.5) is 10.8 Å². The molecule has 0 atom stereocenters. The molecule has 0 aliphatic rings. The number of pyridine rings is 1. The highest BCUT2D eigenvalue weighted by Gasteiger charge is 2.16. The van der Waals surface area contributed by atoms with Gasteiger partial charge < -0.3 is 5.32 Å². The number of fused-ring (bicyclic) bond motifs is 1. The summed E-state index contributed by atoms with van der Waals surface area (Å²) in [7, 11) is -3.70. The maximum absolute atomic E-state index is 12.5. The van der Waals surface area contributed by atoms with Crippen molar-refractivity contribution in [1.29, 1.82) is 0 Å². The quantitative estimate of drug-likeness (QED) is 0.404. The highest BCUT2D eigenvalue weighted by molar-refractivity contribution is 8.00. The number of carbonyl (C=O) groups is 1. The van der Waals surface area contributed by atoms with E-state index < -0.39 is 10.0 Å². The molecule has 0 spiro atoms. The van der Waals surface area contributed by atoms with Gasteiger partial charge in [0.2, 0.25) is 5.91 Å². The molecule has 0 radical (unpaired) electrons. The zero-order chi connectivity index (χ0) is 21.0. The summed E-state index contributed by atoms with van der Waals surface area (Å²) in [6.07, 6.45) is 3.36. The summed E-state index contributed by atoms with van der Waals surface area (Å²) in [5, 5.41) is 3.12. The minimum atomic E-state index is -3.70. The summed E-state index contributed by atoms with van der Waals surface area (Å²) < 4.78 is 28.2. The van der Waals surface area contributed by atoms with Gasteiger partial charge in [0.25, 0.3) is 10.0 Å². The Morgan fingerprint density at radius 3 is 2.57 bits per heavy atom. The molecule has 1 amide bonds. The second-order valence-electron chi connectivity index (χ2n) is 6.14. The zero-order valence-corrected chi connectivity index (χ0v) is 17.9. The van der Waals surface area contributed by atoms with Crippen LogP contribution >= 0.6 is 23.1 Å². The fraction of sp³-hybridized carbons (Fsp3) is 0.0500. The number of benzene rings is 2. The van der Waals surface area contributed by atoms with Crippen LogP contribution in [0.3, 0.4) is 0 Å². The van der Waals surface area contributed by atoms with E-state index in [0.29, 0.717) is 11.2 Å². The Kier molecular flexibility index (Phi) is 5.98. The predicted octanol–water partition coefficient (Wildman–Crippen LogP) is 4.22. The molecule has 30 heavy (non-hydrogen) atoms. The Hall–Kier alpha value is -2.95. The third kappa shape index (κ3) is 4.96. The normalized spacial score (nSPS) is 11.3. The van der Waals surface area contributed by atoms with Crippen molar-refractivity contribution in [2.24, 2.45) is 0 Å². The number of aromatic nitrogens is 2. The van der Waals surface area contributed by atoms with E-state index in [1.165, 1.54) is 35.2 Å². The predicted molar refractivity (Wildman–Crippen MR) is 120 cm³/mol. The van der Waals surface area contributed by atoms with Crippen LogP contribution in [0.15, 0.2) is 82.8 Å². The zero-order valence-electron chi connectivity index (χ0n) is 15.5. The van der Waals surface area contributed by atoms with Crippen LogP contribution in [0.5, 0.6) is 0 Å². The number of thioether (sulfide) groups is 1. The van der Waals surface area contributed by atoms with E-state index in [4.69, 9.17) is 0 Å². The number of anilines is 2. The molecule has 4 rings (SSSR count). The van der Waals surface area contributed by atoms with Crippen LogP contribution in [0, 0.1) is 0 Å². The molecule has 2 N–H and O–H groups in total. The second-order valence-corrected chi connectivity index (χ2v) is 9.90. The topological polar surface area (TPSA) is 101 Å². The van der Waals surface area contributed by atoms with Gasteiger partial charge in [-0.2, -0.15) is 0 Å². The van der Waals surface area contributed by atoms with Crippen molar-refractivity contribution in [1.82, 2.24) is 9.97 Å². The SMILES string of the molecule is O=C(CSc1ccncc1)Nc1ccc2nc(NS(=O)(=O)c3ccccc3)sc2c1. The maximum Gasteiger partial charge on any atom is 0.263 e. The third-order valence-electron chi connectivity index (χ3n) is 3.97. The Morgan fingerprint density at radius 2 is 1.80 bits per heavy atom. The maximum atomic E-state index is 12.5. The first kappa shape index (κ1) is 20.3. The number of rotatable bonds is 7. The van der Waals surface area contributed by atoms with Crippen LogP contribution < -0.4 is 10.0 Å². The first-order chi connectivity index (χ1) is 14.5. The highest BCUT2D eigenvalue weighted by Crippen LogP contribution is 2.30. The Bertz CT molecular complexity index is 1280. The largest absolute Gasteiger partial charge is 0.325 e. The van der Waals surface area contributed by atoms with Gasteiger partial charge in [-0.1, -0.05) is 29.5 Å². The van der Waals surface area contributed by atoms with E-state index in [1.54, 1.807) is 48.8 Å². The lowest BCUT2D eigenvalue weighted by atomic mass is 10.3. The number of hydrogen-bond donors (Lipinski definition) is 2. The number of nitrogens with zero attached hydrogens (tertiary/aromatic N) is 2. The number of amides is 1. The Labute approximate surface area is 181 Å². The third-order valence-corrected chi connectivity index (χ3v) is 7.40. The van der Waals surface area contributed by atoms with Gasteiger partial charge in [-0.15, -0.1) is 11.8 Å². The van der Waals surface area contributed by atoms with E-state index in [0.717, 1.165) is 9.60 Å². The molecule has 0 unspecified atom stereocenters. The summed E-state index contributed by atoms with van der Waals surface area (Å²) in [6, 6.07) is 17.1.